The zero-order valence-corrected chi connectivity index (χ0v) is 14.3. The predicted molar refractivity (Wildman–Crippen MR) is 92.1 cm³/mol. The molecule has 1 N–H and O–H groups in total. The van der Waals surface area contributed by atoms with Gasteiger partial charge in [-0.15, -0.1) is 0 Å². The van der Waals surface area contributed by atoms with Gasteiger partial charge in [-0.05, 0) is 19.5 Å². The van der Waals surface area contributed by atoms with E-state index in [1.807, 2.05) is 18.2 Å². The molecule has 1 aromatic heterocycles. The van der Waals surface area contributed by atoms with Crippen molar-refractivity contribution < 1.29 is 4.74 Å². The highest BCUT2D eigenvalue weighted by molar-refractivity contribution is 7.09. The monoisotopic (exact) mass is 320 g/mol. The van der Waals surface area contributed by atoms with E-state index >= 15 is 0 Å². The van der Waals surface area contributed by atoms with E-state index in [2.05, 4.69) is 39.5 Å². The first-order valence-electron chi connectivity index (χ1n) is 7.68. The van der Waals surface area contributed by atoms with E-state index in [0.717, 1.165) is 48.4 Å². The van der Waals surface area contributed by atoms with Crippen molar-refractivity contribution in [3.63, 3.8) is 0 Å². The standard InChI is InChI=1S/C16H24N4OS/c1-4-17-10-11-20(5-2)16-18-15(19-22-16)12-13-8-6-7-9-14(13)21-3/h6-9,17H,4-5,10-12H2,1-3H3. The van der Waals surface area contributed by atoms with Crippen LogP contribution in [0.5, 0.6) is 5.75 Å². The van der Waals surface area contributed by atoms with Gasteiger partial charge in [-0.1, -0.05) is 25.1 Å². The fourth-order valence-corrected chi connectivity index (χ4v) is 3.02. The summed E-state index contributed by atoms with van der Waals surface area (Å²) >= 11 is 1.47. The highest BCUT2D eigenvalue weighted by Gasteiger charge is 2.12. The number of rotatable bonds is 9. The fourth-order valence-electron chi connectivity index (χ4n) is 2.24. The number of hydrogen-bond acceptors (Lipinski definition) is 6. The van der Waals surface area contributed by atoms with Crippen LogP contribution in [0.25, 0.3) is 0 Å². The lowest BCUT2D eigenvalue weighted by Gasteiger charge is -2.19. The Bertz CT molecular complexity index is 573. The number of benzene rings is 1. The third kappa shape index (κ3) is 4.42. The van der Waals surface area contributed by atoms with Gasteiger partial charge >= 0.3 is 0 Å². The third-order valence-corrected chi connectivity index (χ3v) is 4.27. The zero-order valence-electron chi connectivity index (χ0n) is 13.5. The van der Waals surface area contributed by atoms with Crippen LogP contribution in [-0.2, 0) is 6.42 Å². The Hall–Kier alpha value is -1.66. The number of ether oxygens (including phenoxy) is 1. The molecule has 22 heavy (non-hydrogen) atoms. The Labute approximate surface area is 136 Å². The van der Waals surface area contributed by atoms with Crippen molar-refractivity contribution in [1.29, 1.82) is 0 Å². The third-order valence-electron chi connectivity index (χ3n) is 3.46. The maximum absolute atomic E-state index is 5.39. The van der Waals surface area contributed by atoms with Crippen molar-refractivity contribution in [1.82, 2.24) is 14.7 Å². The zero-order chi connectivity index (χ0) is 15.8. The van der Waals surface area contributed by atoms with Gasteiger partial charge in [0.1, 0.15) is 11.6 Å². The van der Waals surface area contributed by atoms with E-state index < -0.39 is 0 Å². The Morgan fingerprint density at radius 2 is 2.09 bits per heavy atom. The van der Waals surface area contributed by atoms with Crippen LogP contribution >= 0.6 is 11.5 Å². The number of methoxy groups -OCH3 is 1. The Kier molecular flexibility index (Phi) is 6.61. The van der Waals surface area contributed by atoms with Gasteiger partial charge in [0.2, 0.25) is 5.13 Å². The number of anilines is 1. The number of para-hydroxylation sites is 1. The van der Waals surface area contributed by atoms with E-state index in [9.17, 15) is 0 Å². The second-order valence-corrected chi connectivity index (χ2v) is 5.65. The van der Waals surface area contributed by atoms with Crippen molar-refractivity contribution in [2.24, 2.45) is 0 Å². The summed E-state index contributed by atoms with van der Waals surface area (Å²) < 4.78 is 9.88. The highest BCUT2D eigenvalue weighted by atomic mass is 32.1. The lowest BCUT2D eigenvalue weighted by atomic mass is 10.1. The van der Waals surface area contributed by atoms with Gasteiger partial charge in [0.15, 0.2) is 0 Å². The molecule has 0 saturated carbocycles. The first kappa shape index (κ1) is 16.7. The molecular formula is C16H24N4OS. The topological polar surface area (TPSA) is 50.3 Å². The molecule has 6 heteroatoms. The summed E-state index contributed by atoms with van der Waals surface area (Å²) in [6, 6.07) is 8.02. The van der Waals surface area contributed by atoms with E-state index in [1.165, 1.54) is 11.5 Å². The van der Waals surface area contributed by atoms with Gasteiger partial charge < -0.3 is 15.0 Å². The molecule has 0 radical (unpaired) electrons. The Balaban J connectivity index is 2.03. The minimum atomic E-state index is 0.700. The molecule has 0 amide bonds. The molecule has 0 atom stereocenters. The van der Waals surface area contributed by atoms with E-state index in [1.54, 1.807) is 7.11 Å². The van der Waals surface area contributed by atoms with Gasteiger partial charge in [-0.3, -0.25) is 0 Å². The smallest absolute Gasteiger partial charge is 0.205 e. The molecule has 5 nitrogen and oxygen atoms in total. The van der Waals surface area contributed by atoms with Gasteiger partial charge in [0, 0.05) is 43.2 Å². The number of nitrogens with one attached hydrogen (secondary N) is 1. The highest BCUT2D eigenvalue weighted by Crippen LogP contribution is 2.23. The first-order valence-corrected chi connectivity index (χ1v) is 8.46. The molecule has 0 aliphatic rings. The van der Waals surface area contributed by atoms with Crippen molar-refractivity contribution in [2.45, 2.75) is 20.3 Å². The summed E-state index contributed by atoms with van der Waals surface area (Å²) in [6.45, 7) is 8.11. The van der Waals surface area contributed by atoms with Crippen LogP contribution in [0.2, 0.25) is 0 Å². The summed E-state index contributed by atoms with van der Waals surface area (Å²) in [4.78, 5) is 6.94. The molecule has 1 aromatic carbocycles. The van der Waals surface area contributed by atoms with Crippen LogP contribution in [0.1, 0.15) is 25.2 Å². The number of nitrogens with zero attached hydrogens (tertiary/aromatic N) is 3. The molecule has 0 bridgehead atoms. The van der Waals surface area contributed by atoms with Crippen LogP contribution in [0.4, 0.5) is 5.13 Å². The lowest BCUT2D eigenvalue weighted by molar-refractivity contribution is 0.410. The maximum atomic E-state index is 5.39. The van der Waals surface area contributed by atoms with Crippen molar-refractivity contribution in [2.75, 3.05) is 38.2 Å². The Morgan fingerprint density at radius 3 is 2.82 bits per heavy atom. The quantitative estimate of drug-likeness (QED) is 0.720. The van der Waals surface area contributed by atoms with Crippen LogP contribution < -0.4 is 15.0 Å². The average Bonchev–Trinajstić information content (AvgIpc) is 3.00. The normalized spacial score (nSPS) is 10.7. The predicted octanol–water partition coefficient (Wildman–Crippen LogP) is 2.57. The molecule has 0 unspecified atom stereocenters. The molecule has 1 heterocycles. The van der Waals surface area contributed by atoms with Gasteiger partial charge in [-0.2, -0.15) is 4.37 Å². The number of likely N-dealkylation sites (N-methyl/N-ethyl adjacent to an activating group) is 2. The largest absolute Gasteiger partial charge is 0.496 e. The molecule has 0 spiro atoms. The molecule has 120 valence electrons. The maximum Gasteiger partial charge on any atom is 0.205 e. The summed E-state index contributed by atoms with van der Waals surface area (Å²) in [5.74, 6) is 1.74. The minimum absolute atomic E-state index is 0.700. The number of aromatic nitrogens is 2. The summed E-state index contributed by atoms with van der Waals surface area (Å²) in [7, 11) is 1.69. The molecule has 2 rings (SSSR count). The van der Waals surface area contributed by atoms with Gasteiger partial charge in [0.25, 0.3) is 0 Å². The van der Waals surface area contributed by atoms with Crippen molar-refractivity contribution >= 4 is 16.7 Å². The number of hydrogen-bond donors (Lipinski definition) is 1. The van der Waals surface area contributed by atoms with Crippen molar-refractivity contribution in [3.8, 4) is 5.75 Å². The summed E-state index contributed by atoms with van der Waals surface area (Å²) in [5, 5.41) is 4.33. The van der Waals surface area contributed by atoms with Gasteiger partial charge in [0.05, 0.1) is 7.11 Å². The van der Waals surface area contributed by atoms with Gasteiger partial charge in [-0.25, -0.2) is 4.98 Å². The molecule has 0 aliphatic carbocycles. The molecular weight excluding hydrogens is 296 g/mol. The van der Waals surface area contributed by atoms with Crippen LogP contribution in [0.15, 0.2) is 24.3 Å². The summed E-state index contributed by atoms with van der Waals surface area (Å²) in [6.07, 6.45) is 0.700. The summed E-state index contributed by atoms with van der Waals surface area (Å²) in [5.41, 5.74) is 1.12. The van der Waals surface area contributed by atoms with Crippen LogP contribution in [0.3, 0.4) is 0 Å². The first-order chi connectivity index (χ1) is 10.8. The second-order valence-electron chi connectivity index (χ2n) is 4.92. The minimum Gasteiger partial charge on any atom is -0.496 e. The van der Waals surface area contributed by atoms with E-state index in [0.29, 0.717) is 6.42 Å². The second kappa shape index (κ2) is 8.70. The average molecular weight is 320 g/mol. The fraction of sp³-hybridized carbons (Fsp3) is 0.500. The Morgan fingerprint density at radius 1 is 1.27 bits per heavy atom. The van der Waals surface area contributed by atoms with Crippen LogP contribution in [-0.4, -0.2) is 42.6 Å². The van der Waals surface area contributed by atoms with Crippen LogP contribution in [0, 0.1) is 0 Å². The van der Waals surface area contributed by atoms with E-state index in [-0.39, 0.29) is 0 Å². The molecule has 2 aromatic rings. The van der Waals surface area contributed by atoms with E-state index in [4.69, 9.17) is 4.74 Å². The lowest BCUT2D eigenvalue weighted by Crippen LogP contribution is -2.31. The molecule has 0 aliphatic heterocycles. The molecule has 0 fully saturated rings. The van der Waals surface area contributed by atoms with Crippen molar-refractivity contribution in [3.05, 3.63) is 35.7 Å². The SMILES string of the molecule is CCNCCN(CC)c1nc(Cc2ccccc2OC)ns1. The molecule has 0 saturated heterocycles.